The molecule has 0 radical (unpaired) electrons. The number of para-hydroxylation sites is 1. The van der Waals surface area contributed by atoms with Gasteiger partial charge in [0.15, 0.2) is 5.96 Å². The van der Waals surface area contributed by atoms with E-state index in [0.29, 0.717) is 19.0 Å². The van der Waals surface area contributed by atoms with Gasteiger partial charge in [-0.1, -0.05) is 25.1 Å². The smallest absolute Gasteiger partial charge is 0.239 e. The maximum Gasteiger partial charge on any atom is 0.239 e. The lowest BCUT2D eigenvalue weighted by molar-refractivity contribution is -0.120. The number of nitrogens with zero attached hydrogens (tertiary/aromatic N) is 1. The molecule has 130 valence electrons. The molecule has 0 aromatic heterocycles. The van der Waals surface area contributed by atoms with Crippen LogP contribution in [0.25, 0.3) is 0 Å². The van der Waals surface area contributed by atoms with Gasteiger partial charge in [-0.15, -0.1) is 24.0 Å². The number of amides is 1. The Morgan fingerprint density at radius 2 is 1.91 bits per heavy atom. The Bertz CT molecular complexity index is 495. The predicted molar refractivity (Wildman–Crippen MR) is 105 cm³/mol. The first-order chi connectivity index (χ1) is 10.7. The normalized spacial score (nSPS) is 10.5. The van der Waals surface area contributed by atoms with E-state index in [4.69, 9.17) is 4.74 Å². The van der Waals surface area contributed by atoms with Gasteiger partial charge in [-0.25, -0.2) is 4.99 Å². The molecule has 6 nitrogen and oxygen atoms in total. The van der Waals surface area contributed by atoms with E-state index < -0.39 is 0 Å². The Balaban J connectivity index is 0.00000484. The molecule has 0 aliphatic carbocycles. The van der Waals surface area contributed by atoms with Crippen LogP contribution in [0.2, 0.25) is 0 Å². The van der Waals surface area contributed by atoms with Gasteiger partial charge in [-0.2, -0.15) is 0 Å². The highest BCUT2D eigenvalue weighted by atomic mass is 127. The second kappa shape index (κ2) is 13.0. The van der Waals surface area contributed by atoms with Crippen molar-refractivity contribution in [1.82, 2.24) is 16.0 Å². The van der Waals surface area contributed by atoms with Crippen molar-refractivity contribution in [3.05, 3.63) is 29.8 Å². The standard InChI is InChI=1S/C16H26N4O2.HI/c1-4-10-18-15(21)12-20-16(17-5-2)19-11-13-8-6-7-9-14(13)22-3;/h6-9H,4-5,10-12H2,1-3H3,(H,18,21)(H2,17,19,20);1H. The minimum atomic E-state index is -0.0373. The fourth-order valence-electron chi connectivity index (χ4n) is 1.83. The number of carbonyl (C=O) groups is 1. The van der Waals surface area contributed by atoms with E-state index in [1.54, 1.807) is 7.11 Å². The summed E-state index contributed by atoms with van der Waals surface area (Å²) in [5.74, 6) is 1.38. The molecule has 0 aliphatic heterocycles. The second-order valence-electron chi connectivity index (χ2n) is 4.71. The Morgan fingerprint density at radius 1 is 1.17 bits per heavy atom. The Kier molecular flexibility index (Phi) is 12.1. The summed E-state index contributed by atoms with van der Waals surface area (Å²) < 4.78 is 5.31. The monoisotopic (exact) mass is 434 g/mol. The molecule has 0 heterocycles. The van der Waals surface area contributed by atoms with Crippen LogP contribution in [0.4, 0.5) is 0 Å². The van der Waals surface area contributed by atoms with Crippen molar-refractivity contribution in [1.29, 1.82) is 0 Å². The van der Waals surface area contributed by atoms with Gasteiger partial charge in [0.25, 0.3) is 0 Å². The van der Waals surface area contributed by atoms with Crippen LogP contribution in [0.5, 0.6) is 5.75 Å². The number of halogens is 1. The number of hydrogen-bond acceptors (Lipinski definition) is 3. The lowest BCUT2D eigenvalue weighted by Crippen LogP contribution is -2.43. The summed E-state index contributed by atoms with van der Waals surface area (Å²) in [6.07, 6.45) is 0.924. The van der Waals surface area contributed by atoms with Crippen molar-refractivity contribution in [2.24, 2.45) is 4.99 Å². The lowest BCUT2D eigenvalue weighted by atomic mass is 10.2. The third-order valence-corrected chi connectivity index (χ3v) is 2.93. The maximum absolute atomic E-state index is 11.6. The molecule has 0 aliphatic rings. The number of ether oxygens (including phenoxy) is 1. The van der Waals surface area contributed by atoms with Crippen LogP contribution in [-0.4, -0.2) is 38.6 Å². The Labute approximate surface area is 155 Å². The number of aliphatic imine (C=N–C) groups is 1. The Morgan fingerprint density at radius 3 is 2.57 bits per heavy atom. The molecular formula is C16H27IN4O2. The molecule has 0 unspecified atom stereocenters. The van der Waals surface area contributed by atoms with Crippen molar-refractivity contribution < 1.29 is 9.53 Å². The van der Waals surface area contributed by atoms with Crippen molar-refractivity contribution in [2.45, 2.75) is 26.8 Å². The summed E-state index contributed by atoms with van der Waals surface area (Å²) in [6.45, 7) is 6.11. The van der Waals surface area contributed by atoms with Crippen molar-refractivity contribution in [2.75, 3.05) is 26.7 Å². The van der Waals surface area contributed by atoms with Crippen LogP contribution < -0.4 is 20.7 Å². The highest BCUT2D eigenvalue weighted by molar-refractivity contribution is 14.0. The van der Waals surface area contributed by atoms with E-state index in [1.807, 2.05) is 38.1 Å². The first-order valence-corrected chi connectivity index (χ1v) is 7.62. The number of nitrogens with one attached hydrogen (secondary N) is 3. The number of hydrogen-bond donors (Lipinski definition) is 3. The molecule has 3 N–H and O–H groups in total. The lowest BCUT2D eigenvalue weighted by Gasteiger charge is -2.12. The average Bonchev–Trinajstić information content (AvgIpc) is 2.55. The average molecular weight is 434 g/mol. The fraction of sp³-hybridized carbons (Fsp3) is 0.500. The molecule has 1 aromatic carbocycles. The van der Waals surface area contributed by atoms with Crippen LogP contribution in [0.3, 0.4) is 0 Å². The molecule has 0 spiro atoms. The highest BCUT2D eigenvalue weighted by Gasteiger charge is 2.04. The van der Waals surface area contributed by atoms with Crippen molar-refractivity contribution >= 4 is 35.8 Å². The topological polar surface area (TPSA) is 74.8 Å². The highest BCUT2D eigenvalue weighted by Crippen LogP contribution is 2.17. The summed E-state index contributed by atoms with van der Waals surface area (Å²) in [4.78, 5) is 16.1. The molecular weight excluding hydrogens is 407 g/mol. The van der Waals surface area contributed by atoms with E-state index in [0.717, 1.165) is 24.3 Å². The summed E-state index contributed by atoms with van der Waals surface area (Å²) in [7, 11) is 1.64. The predicted octanol–water partition coefficient (Wildman–Crippen LogP) is 1.89. The molecule has 7 heteroatoms. The van der Waals surface area contributed by atoms with E-state index in [-0.39, 0.29) is 36.4 Å². The van der Waals surface area contributed by atoms with Crippen LogP contribution in [0, 0.1) is 0 Å². The second-order valence-corrected chi connectivity index (χ2v) is 4.71. The largest absolute Gasteiger partial charge is 0.496 e. The molecule has 0 fully saturated rings. The van der Waals surface area contributed by atoms with Crippen LogP contribution in [0.15, 0.2) is 29.3 Å². The zero-order valence-corrected chi connectivity index (χ0v) is 16.3. The number of methoxy groups -OCH3 is 1. The first-order valence-electron chi connectivity index (χ1n) is 7.62. The van der Waals surface area contributed by atoms with Crippen molar-refractivity contribution in [3.8, 4) is 5.75 Å². The van der Waals surface area contributed by atoms with Gasteiger partial charge in [0, 0.05) is 18.7 Å². The van der Waals surface area contributed by atoms with Gasteiger partial charge in [0.2, 0.25) is 5.91 Å². The molecule has 0 saturated heterocycles. The fourth-order valence-corrected chi connectivity index (χ4v) is 1.83. The molecule has 0 bridgehead atoms. The molecule has 1 rings (SSSR count). The molecule has 0 atom stereocenters. The van der Waals surface area contributed by atoms with Gasteiger partial charge < -0.3 is 20.7 Å². The van der Waals surface area contributed by atoms with E-state index in [2.05, 4.69) is 20.9 Å². The molecule has 1 amide bonds. The van der Waals surface area contributed by atoms with Crippen LogP contribution in [-0.2, 0) is 11.3 Å². The number of rotatable bonds is 8. The van der Waals surface area contributed by atoms with Gasteiger partial charge in [0.05, 0.1) is 20.2 Å². The van der Waals surface area contributed by atoms with Gasteiger partial charge in [-0.05, 0) is 19.4 Å². The molecule has 0 saturated carbocycles. The van der Waals surface area contributed by atoms with Gasteiger partial charge in [-0.3, -0.25) is 4.79 Å². The van der Waals surface area contributed by atoms with Gasteiger partial charge >= 0.3 is 0 Å². The minimum absolute atomic E-state index is 0. The number of carbonyl (C=O) groups excluding carboxylic acids is 1. The first kappa shape index (κ1) is 21.5. The Hall–Kier alpha value is -1.51. The zero-order chi connectivity index (χ0) is 16.2. The van der Waals surface area contributed by atoms with E-state index >= 15 is 0 Å². The maximum atomic E-state index is 11.6. The number of guanidine groups is 1. The zero-order valence-electron chi connectivity index (χ0n) is 14.0. The van der Waals surface area contributed by atoms with Crippen LogP contribution in [0.1, 0.15) is 25.8 Å². The molecule has 1 aromatic rings. The van der Waals surface area contributed by atoms with E-state index in [1.165, 1.54) is 0 Å². The third-order valence-electron chi connectivity index (χ3n) is 2.93. The third kappa shape index (κ3) is 8.63. The summed E-state index contributed by atoms with van der Waals surface area (Å²) >= 11 is 0. The summed E-state index contributed by atoms with van der Waals surface area (Å²) in [5.41, 5.74) is 0.998. The van der Waals surface area contributed by atoms with Crippen molar-refractivity contribution in [3.63, 3.8) is 0 Å². The number of benzene rings is 1. The molecule has 23 heavy (non-hydrogen) atoms. The minimum Gasteiger partial charge on any atom is -0.496 e. The quantitative estimate of drug-likeness (QED) is 0.332. The SMILES string of the molecule is CCCNC(=O)CNC(=NCc1ccccc1OC)NCC.I. The van der Waals surface area contributed by atoms with Gasteiger partial charge in [0.1, 0.15) is 5.75 Å². The van der Waals surface area contributed by atoms with Crippen LogP contribution >= 0.6 is 24.0 Å². The summed E-state index contributed by atoms with van der Waals surface area (Å²) in [6, 6.07) is 7.75. The van der Waals surface area contributed by atoms with E-state index in [9.17, 15) is 4.79 Å². The summed E-state index contributed by atoms with van der Waals surface area (Å²) in [5, 5.41) is 8.96.